The van der Waals surface area contributed by atoms with Crippen LogP contribution in [0.3, 0.4) is 0 Å². The molecule has 3 aromatic rings. The van der Waals surface area contributed by atoms with Gasteiger partial charge in [-0.05, 0) is 61.9 Å². The van der Waals surface area contributed by atoms with Crippen molar-refractivity contribution in [2.75, 3.05) is 6.54 Å². The highest BCUT2D eigenvalue weighted by Gasteiger charge is 2.22. The maximum absolute atomic E-state index is 12.7. The SMILES string of the molecule is CCCc1ccc(S(=O)(=O)NCCn2nc(-c3ccccn3)c3c2CCCC3)cc1. The highest BCUT2D eigenvalue weighted by atomic mass is 32.2. The van der Waals surface area contributed by atoms with E-state index in [0.29, 0.717) is 18.0 Å². The molecule has 4 rings (SSSR count). The van der Waals surface area contributed by atoms with Gasteiger partial charge in [0.2, 0.25) is 10.0 Å². The third-order valence-electron chi connectivity index (χ3n) is 5.55. The Kier molecular flexibility index (Phi) is 6.29. The van der Waals surface area contributed by atoms with Crippen LogP contribution in [0.5, 0.6) is 0 Å². The van der Waals surface area contributed by atoms with E-state index in [0.717, 1.165) is 55.5 Å². The van der Waals surface area contributed by atoms with Crippen LogP contribution in [-0.2, 0) is 35.8 Å². The van der Waals surface area contributed by atoms with Crippen LogP contribution in [0, 0.1) is 0 Å². The van der Waals surface area contributed by atoms with Crippen LogP contribution in [-0.4, -0.2) is 29.7 Å². The lowest BCUT2D eigenvalue weighted by Gasteiger charge is -2.14. The zero-order valence-corrected chi connectivity index (χ0v) is 18.2. The van der Waals surface area contributed by atoms with Crippen molar-refractivity contribution in [1.82, 2.24) is 19.5 Å². The van der Waals surface area contributed by atoms with Gasteiger partial charge in [0.15, 0.2) is 0 Å². The Morgan fingerprint density at radius 3 is 2.60 bits per heavy atom. The van der Waals surface area contributed by atoms with Crippen LogP contribution in [0.15, 0.2) is 53.6 Å². The van der Waals surface area contributed by atoms with Gasteiger partial charge in [0.25, 0.3) is 0 Å². The number of aryl methyl sites for hydroxylation is 1. The molecule has 7 heteroatoms. The Morgan fingerprint density at radius 2 is 1.87 bits per heavy atom. The maximum Gasteiger partial charge on any atom is 0.240 e. The summed E-state index contributed by atoms with van der Waals surface area (Å²) in [6.45, 7) is 2.91. The number of hydrogen-bond donors (Lipinski definition) is 1. The summed E-state index contributed by atoms with van der Waals surface area (Å²) >= 11 is 0. The standard InChI is InChI=1S/C23H28N4O2S/c1-2-7-18-11-13-19(14-12-18)30(28,29)25-16-17-27-22-10-4-3-8-20(22)23(26-27)21-9-5-6-15-24-21/h5-6,9,11-15,25H,2-4,7-8,10,16-17H2,1H3. The second-order valence-electron chi connectivity index (χ2n) is 7.71. The van der Waals surface area contributed by atoms with Crippen molar-refractivity contribution in [3.05, 3.63) is 65.5 Å². The van der Waals surface area contributed by atoms with E-state index in [1.54, 1.807) is 18.3 Å². The Labute approximate surface area is 178 Å². The number of nitrogens with one attached hydrogen (secondary N) is 1. The van der Waals surface area contributed by atoms with Gasteiger partial charge < -0.3 is 0 Å². The van der Waals surface area contributed by atoms with Crippen LogP contribution in [0.1, 0.15) is 43.0 Å². The smallest absolute Gasteiger partial charge is 0.240 e. The number of sulfonamides is 1. The molecule has 0 bridgehead atoms. The van der Waals surface area contributed by atoms with Crippen molar-refractivity contribution in [2.24, 2.45) is 0 Å². The topological polar surface area (TPSA) is 76.9 Å². The van der Waals surface area contributed by atoms with Gasteiger partial charge >= 0.3 is 0 Å². The summed E-state index contributed by atoms with van der Waals surface area (Å²) in [6, 6.07) is 13.0. The Hall–Kier alpha value is -2.51. The van der Waals surface area contributed by atoms with E-state index in [9.17, 15) is 8.42 Å². The first-order chi connectivity index (χ1) is 14.6. The van der Waals surface area contributed by atoms with Crippen LogP contribution >= 0.6 is 0 Å². The minimum Gasteiger partial charge on any atom is -0.267 e. The van der Waals surface area contributed by atoms with E-state index in [-0.39, 0.29) is 0 Å². The van der Waals surface area contributed by atoms with Gasteiger partial charge in [-0.1, -0.05) is 31.5 Å². The molecule has 1 aromatic carbocycles. The zero-order valence-electron chi connectivity index (χ0n) is 17.3. The molecular weight excluding hydrogens is 396 g/mol. The normalized spacial score (nSPS) is 13.9. The van der Waals surface area contributed by atoms with Crippen LogP contribution in [0.2, 0.25) is 0 Å². The molecule has 0 aliphatic heterocycles. The number of hydrogen-bond acceptors (Lipinski definition) is 4. The Morgan fingerprint density at radius 1 is 1.07 bits per heavy atom. The number of benzene rings is 1. The molecule has 158 valence electrons. The summed E-state index contributed by atoms with van der Waals surface area (Å²) in [5, 5.41) is 4.81. The van der Waals surface area contributed by atoms with Gasteiger partial charge in [0, 0.05) is 24.0 Å². The van der Waals surface area contributed by atoms with E-state index in [1.165, 1.54) is 11.3 Å². The molecule has 0 atom stereocenters. The molecule has 0 saturated carbocycles. The number of rotatable bonds is 8. The van der Waals surface area contributed by atoms with Crippen molar-refractivity contribution >= 4 is 10.0 Å². The fraction of sp³-hybridized carbons (Fsp3) is 0.391. The largest absolute Gasteiger partial charge is 0.267 e. The molecule has 30 heavy (non-hydrogen) atoms. The molecule has 0 fully saturated rings. The van der Waals surface area contributed by atoms with Crippen molar-refractivity contribution in [1.29, 1.82) is 0 Å². The first-order valence-corrected chi connectivity index (χ1v) is 12.2. The third-order valence-corrected chi connectivity index (χ3v) is 7.03. The van der Waals surface area contributed by atoms with Gasteiger partial charge in [-0.15, -0.1) is 0 Å². The molecule has 0 radical (unpaired) electrons. The van der Waals surface area contributed by atoms with E-state index in [4.69, 9.17) is 5.10 Å². The Balaban J connectivity index is 1.48. The average Bonchev–Trinajstić information content (AvgIpc) is 3.14. The molecule has 6 nitrogen and oxygen atoms in total. The second kappa shape index (κ2) is 9.10. The number of nitrogens with zero attached hydrogens (tertiary/aromatic N) is 3. The highest BCUT2D eigenvalue weighted by molar-refractivity contribution is 7.89. The van der Waals surface area contributed by atoms with Gasteiger partial charge in [0.1, 0.15) is 5.69 Å². The molecule has 0 spiro atoms. The zero-order chi connectivity index (χ0) is 21.0. The summed E-state index contributed by atoms with van der Waals surface area (Å²) in [6.07, 6.45) is 8.03. The summed E-state index contributed by atoms with van der Waals surface area (Å²) < 4.78 is 30.0. The fourth-order valence-corrected chi connectivity index (χ4v) is 5.08. The number of pyridine rings is 1. The molecular formula is C23H28N4O2S. The molecule has 1 aliphatic carbocycles. The molecule has 2 aromatic heterocycles. The Bertz CT molecular complexity index is 1090. The first kappa shape index (κ1) is 20.8. The van der Waals surface area contributed by atoms with Crippen molar-refractivity contribution in [2.45, 2.75) is 56.9 Å². The van der Waals surface area contributed by atoms with Crippen molar-refractivity contribution < 1.29 is 8.42 Å². The van der Waals surface area contributed by atoms with Crippen LogP contribution in [0.4, 0.5) is 0 Å². The van der Waals surface area contributed by atoms with Crippen molar-refractivity contribution in [3.63, 3.8) is 0 Å². The third kappa shape index (κ3) is 4.47. The fourth-order valence-electron chi connectivity index (χ4n) is 4.06. The minimum atomic E-state index is -3.53. The molecule has 1 aliphatic rings. The van der Waals surface area contributed by atoms with Gasteiger partial charge in [-0.25, -0.2) is 13.1 Å². The lowest BCUT2D eigenvalue weighted by Crippen LogP contribution is -2.28. The predicted molar refractivity (Wildman–Crippen MR) is 118 cm³/mol. The van der Waals surface area contributed by atoms with E-state index >= 15 is 0 Å². The molecule has 0 amide bonds. The lowest BCUT2D eigenvalue weighted by atomic mass is 9.95. The summed E-state index contributed by atoms with van der Waals surface area (Å²) in [7, 11) is -3.53. The van der Waals surface area contributed by atoms with Gasteiger partial charge in [0.05, 0.1) is 17.1 Å². The monoisotopic (exact) mass is 424 g/mol. The van der Waals surface area contributed by atoms with Gasteiger partial charge in [-0.3, -0.25) is 9.67 Å². The minimum absolute atomic E-state index is 0.300. The van der Waals surface area contributed by atoms with E-state index in [1.807, 2.05) is 35.0 Å². The van der Waals surface area contributed by atoms with E-state index < -0.39 is 10.0 Å². The lowest BCUT2D eigenvalue weighted by molar-refractivity contribution is 0.538. The average molecular weight is 425 g/mol. The highest BCUT2D eigenvalue weighted by Crippen LogP contribution is 2.30. The maximum atomic E-state index is 12.7. The molecule has 2 heterocycles. The van der Waals surface area contributed by atoms with E-state index in [2.05, 4.69) is 16.6 Å². The number of aromatic nitrogens is 3. The molecule has 0 saturated heterocycles. The van der Waals surface area contributed by atoms with Crippen LogP contribution < -0.4 is 4.72 Å². The second-order valence-corrected chi connectivity index (χ2v) is 9.48. The molecule has 0 unspecified atom stereocenters. The van der Waals surface area contributed by atoms with Gasteiger partial charge in [-0.2, -0.15) is 5.10 Å². The summed E-state index contributed by atoms with van der Waals surface area (Å²) in [5.74, 6) is 0. The number of fused-ring (bicyclic) bond motifs is 1. The quantitative estimate of drug-likeness (QED) is 0.597. The van der Waals surface area contributed by atoms with Crippen LogP contribution in [0.25, 0.3) is 11.4 Å². The first-order valence-electron chi connectivity index (χ1n) is 10.7. The summed E-state index contributed by atoms with van der Waals surface area (Å²) in [4.78, 5) is 4.77. The summed E-state index contributed by atoms with van der Waals surface area (Å²) in [5.41, 5.74) is 5.43. The van der Waals surface area contributed by atoms with Crippen molar-refractivity contribution in [3.8, 4) is 11.4 Å². The molecule has 1 N–H and O–H groups in total. The predicted octanol–water partition coefficient (Wildman–Crippen LogP) is 3.75.